The zero-order valence-corrected chi connectivity index (χ0v) is 18.1. The van der Waals surface area contributed by atoms with Gasteiger partial charge in [-0.1, -0.05) is 34.1 Å². The van der Waals surface area contributed by atoms with Gasteiger partial charge in [0.25, 0.3) is 5.91 Å². The Morgan fingerprint density at radius 3 is 2.20 bits per heavy atom. The Morgan fingerprint density at radius 1 is 0.900 bits per heavy atom. The topological polar surface area (TPSA) is 49.9 Å². The third-order valence-corrected chi connectivity index (χ3v) is 5.66. The first kappa shape index (κ1) is 20.2. The van der Waals surface area contributed by atoms with Crippen LogP contribution in [0.1, 0.15) is 17.3 Å². The maximum absolute atomic E-state index is 13.0. The molecular formula is C24H21BrN2O3. The summed E-state index contributed by atoms with van der Waals surface area (Å²) in [5, 5.41) is 0. The summed E-state index contributed by atoms with van der Waals surface area (Å²) in [5.74, 6) is 1.24. The second kappa shape index (κ2) is 8.71. The number of benzene rings is 3. The van der Waals surface area contributed by atoms with E-state index in [1.54, 1.807) is 28.9 Å². The lowest BCUT2D eigenvalue weighted by Crippen LogP contribution is -2.57. The summed E-state index contributed by atoms with van der Waals surface area (Å²) in [7, 11) is 0. The lowest BCUT2D eigenvalue weighted by molar-refractivity contribution is -0.124. The van der Waals surface area contributed by atoms with Crippen LogP contribution >= 0.6 is 15.9 Å². The van der Waals surface area contributed by atoms with Gasteiger partial charge >= 0.3 is 0 Å². The second-order valence-electron chi connectivity index (χ2n) is 7.08. The molecule has 2 amide bonds. The van der Waals surface area contributed by atoms with Crippen LogP contribution in [0.5, 0.6) is 11.5 Å². The van der Waals surface area contributed by atoms with Crippen LogP contribution in [-0.4, -0.2) is 35.8 Å². The Morgan fingerprint density at radius 2 is 1.53 bits per heavy atom. The summed E-state index contributed by atoms with van der Waals surface area (Å²) in [6.45, 7) is 2.70. The van der Waals surface area contributed by atoms with Crippen molar-refractivity contribution in [1.29, 1.82) is 0 Å². The van der Waals surface area contributed by atoms with Gasteiger partial charge in [-0.2, -0.15) is 0 Å². The van der Waals surface area contributed by atoms with E-state index in [9.17, 15) is 9.59 Å². The maximum Gasteiger partial charge on any atom is 0.254 e. The van der Waals surface area contributed by atoms with Crippen molar-refractivity contribution in [3.05, 3.63) is 88.9 Å². The standard InChI is InChI=1S/C24H21BrN2O3/c1-17-23(28)27(16-15-26(17)24(29)18-7-9-19(25)10-8-18)20-11-13-22(14-12-20)30-21-5-3-2-4-6-21/h2-14,17H,15-16H2,1H3/t17-/m0/s1. The lowest BCUT2D eigenvalue weighted by atomic mass is 10.1. The number of carbonyl (C=O) groups is 2. The molecule has 1 heterocycles. The highest BCUT2D eigenvalue weighted by molar-refractivity contribution is 9.10. The van der Waals surface area contributed by atoms with Gasteiger partial charge in [0.2, 0.25) is 5.91 Å². The van der Waals surface area contributed by atoms with Crippen molar-refractivity contribution >= 4 is 33.4 Å². The Hall–Kier alpha value is -3.12. The minimum atomic E-state index is -0.532. The fourth-order valence-electron chi connectivity index (χ4n) is 3.48. The minimum absolute atomic E-state index is 0.0940. The molecule has 0 aromatic heterocycles. The molecule has 0 bridgehead atoms. The summed E-state index contributed by atoms with van der Waals surface area (Å²) in [6.07, 6.45) is 0. The maximum atomic E-state index is 13.0. The van der Waals surface area contributed by atoms with Crippen molar-refractivity contribution in [2.24, 2.45) is 0 Å². The van der Waals surface area contributed by atoms with Crippen molar-refractivity contribution in [3.8, 4) is 11.5 Å². The van der Waals surface area contributed by atoms with Gasteiger partial charge < -0.3 is 14.5 Å². The number of halogens is 1. The Kier molecular flexibility index (Phi) is 5.86. The summed E-state index contributed by atoms with van der Waals surface area (Å²) in [4.78, 5) is 29.2. The highest BCUT2D eigenvalue weighted by atomic mass is 79.9. The molecular weight excluding hydrogens is 444 g/mol. The number of piperazine rings is 1. The third-order valence-electron chi connectivity index (χ3n) is 5.13. The van der Waals surface area contributed by atoms with Crippen LogP contribution in [0.4, 0.5) is 5.69 Å². The predicted octanol–water partition coefficient (Wildman–Crippen LogP) is 5.12. The van der Waals surface area contributed by atoms with Crippen molar-refractivity contribution < 1.29 is 14.3 Å². The molecule has 0 N–H and O–H groups in total. The van der Waals surface area contributed by atoms with Gasteiger partial charge in [0, 0.05) is 28.8 Å². The predicted molar refractivity (Wildman–Crippen MR) is 120 cm³/mol. The molecule has 6 heteroatoms. The van der Waals surface area contributed by atoms with E-state index in [4.69, 9.17) is 4.74 Å². The number of hydrogen-bond donors (Lipinski definition) is 0. The quantitative estimate of drug-likeness (QED) is 0.538. The Bertz CT molecular complexity index is 1040. The molecule has 4 rings (SSSR count). The lowest BCUT2D eigenvalue weighted by Gasteiger charge is -2.39. The molecule has 1 fully saturated rings. The molecule has 0 saturated carbocycles. The second-order valence-corrected chi connectivity index (χ2v) is 8.00. The van der Waals surface area contributed by atoms with Gasteiger partial charge in [0.05, 0.1) is 0 Å². The van der Waals surface area contributed by atoms with Crippen molar-refractivity contribution in [1.82, 2.24) is 4.90 Å². The van der Waals surface area contributed by atoms with Crippen LogP contribution in [-0.2, 0) is 4.79 Å². The van der Waals surface area contributed by atoms with Gasteiger partial charge in [0.1, 0.15) is 17.5 Å². The first-order valence-electron chi connectivity index (χ1n) is 9.74. The largest absolute Gasteiger partial charge is 0.457 e. The van der Waals surface area contributed by atoms with E-state index in [1.807, 2.05) is 66.7 Å². The molecule has 0 unspecified atom stereocenters. The number of hydrogen-bond acceptors (Lipinski definition) is 3. The van der Waals surface area contributed by atoms with Gasteiger partial charge in [-0.15, -0.1) is 0 Å². The van der Waals surface area contributed by atoms with Gasteiger partial charge in [-0.3, -0.25) is 9.59 Å². The number of anilines is 1. The van der Waals surface area contributed by atoms with Crippen LogP contribution < -0.4 is 9.64 Å². The monoisotopic (exact) mass is 464 g/mol. The number of ether oxygens (including phenoxy) is 1. The fraction of sp³-hybridized carbons (Fsp3) is 0.167. The molecule has 5 nitrogen and oxygen atoms in total. The summed E-state index contributed by atoms with van der Waals surface area (Å²) >= 11 is 3.37. The molecule has 0 aliphatic carbocycles. The summed E-state index contributed by atoms with van der Waals surface area (Å²) < 4.78 is 6.72. The molecule has 1 saturated heterocycles. The van der Waals surface area contributed by atoms with E-state index < -0.39 is 6.04 Å². The number of nitrogens with zero attached hydrogens (tertiary/aromatic N) is 2. The smallest absolute Gasteiger partial charge is 0.254 e. The third kappa shape index (κ3) is 4.24. The SMILES string of the molecule is C[C@H]1C(=O)N(c2ccc(Oc3ccccc3)cc2)CCN1C(=O)c1ccc(Br)cc1. The van der Waals surface area contributed by atoms with Crippen molar-refractivity contribution in [3.63, 3.8) is 0 Å². The minimum Gasteiger partial charge on any atom is -0.457 e. The molecule has 0 spiro atoms. The zero-order chi connectivity index (χ0) is 21.1. The Balaban J connectivity index is 1.45. The number of rotatable bonds is 4. The van der Waals surface area contributed by atoms with Crippen LogP contribution in [0.2, 0.25) is 0 Å². The molecule has 1 aliphatic heterocycles. The highest BCUT2D eigenvalue weighted by Gasteiger charge is 2.35. The van der Waals surface area contributed by atoms with Crippen molar-refractivity contribution in [2.45, 2.75) is 13.0 Å². The van der Waals surface area contributed by atoms with E-state index in [0.717, 1.165) is 15.9 Å². The molecule has 152 valence electrons. The summed E-state index contributed by atoms with van der Waals surface area (Å²) in [5.41, 5.74) is 1.37. The van der Waals surface area contributed by atoms with E-state index in [1.165, 1.54) is 0 Å². The molecule has 1 aliphatic rings. The Labute approximate surface area is 184 Å². The molecule has 30 heavy (non-hydrogen) atoms. The van der Waals surface area contributed by atoms with Crippen LogP contribution in [0.15, 0.2) is 83.3 Å². The normalized spacial score (nSPS) is 16.5. The van der Waals surface area contributed by atoms with Crippen molar-refractivity contribution in [2.75, 3.05) is 18.0 Å². The van der Waals surface area contributed by atoms with Gasteiger partial charge in [-0.05, 0) is 67.6 Å². The number of para-hydroxylation sites is 1. The average molecular weight is 465 g/mol. The highest BCUT2D eigenvalue weighted by Crippen LogP contribution is 2.27. The van der Waals surface area contributed by atoms with E-state index in [-0.39, 0.29) is 11.8 Å². The first-order valence-corrected chi connectivity index (χ1v) is 10.5. The number of amides is 2. The average Bonchev–Trinajstić information content (AvgIpc) is 2.77. The molecule has 3 aromatic rings. The van der Waals surface area contributed by atoms with Crippen LogP contribution in [0.25, 0.3) is 0 Å². The van der Waals surface area contributed by atoms with Crippen LogP contribution in [0.3, 0.4) is 0 Å². The van der Waals surface area contributed by atoms with Gasteiger partial charge in [0.15, 0.2) is 0 Å². The zero-order valence-electron chi connectivity index (χ0n) is 16.5. The first-order chi connectivity index (χ1) is 14.5. The van der Waals surface area contributed by atoms with E-state index in [2.05, 4.69) is 15.9 Å². The molecule has 1 atom stereocenters. The number of carbonyl (C=O) groups excluding carboxylic acids is 2. The summed E-state index contributed by atoms with van der Waals surface area (Å²) in [6, 6.07) is 23.6. The molecule has 3 aromatic carbocycles. The van der Waals surface area contributed by atoms with Crippen LogP contribution in [0, 0.1) is 0 Å². The molecule has 0 radical (unpaired) electrons. The van der Waals surface area contributed by atoms with E-state index in [0.29, 0.717) is 24.4 Å². The fourth-order valence-corrected chi connectivity index (χ4v) is 3.75. The van der Waals surface area contributed by atoms with E-state index >= 15 is 0 Å². The van der Waals surface area contributed by atoms with Gasteiger partial charge in [-0.25, -0.2) is 0 Å².